The number of amides is 1. The number of benzene rings is 1. The van der Waals surface area contributed by atoms with E-state index in [1.54, 1.807) is 30.3 Å². The summed E-state index contributed by atoms with van der Waals surface area (Å²) in [6.45, 7) is 1.96. The quantitative estimate of drug-likeness (QED) is 0.686. The Hall–Kier alpha value is -2.35. The fraction of sp³-hybridized carbons (Fsp3) is 0.111. The monoisotopic (exact) mass is 418 g/mol. The zero-order valence-corrected chi connectivity index (χ0v) is 16.3. The van der Waals surface area contributed by atoms with Gasteiger partial charge in [0.1, 0.15) is 16.6 Å². The van der Waals surface area contributed by atoms with E-state index in [0.717, 1.165) is 5.04 Å². The van der Waals surface area contributed by atoms with E-state index >= 15 is 0 Å². The molecule has 0 saturated carbocycles. The number of thioether (sulfide) groups is 1. The Morgan fingerprint density at radius 3 is 2.89 bits per heavy atom. The molecule has 4 rings (SSSR count). The van der Waals surface area contributed by atoms with Crippen LogP contribution in [0.5, 0.6) is 0 Å². The number of amidine groups is 2. The molecule has 0 aliphatic carbocycles. The summed E-state index contributed by atoms with van der Waals surface area (Å²) in [6, 6.07) is 8.50. The van der Waals surface area contributed by atoms with Crippen molar-refractivity contribution in [3.05, 3.63) is 51.7 Å². The van der Waals surface area contributed by atoms with Gasteiger partial charge in [-0.3, -0.25) is 10.2 Å². The summed E-state index contributed by atoms with van der Waals surface area (Å²) >= 11 is 13.5. The molecule has 0 spiro atoms. The van der Waals surface area contributed by atoms with E-state index in [4.69, 9.17) is 33.0 Å². The van der Waals surface area contributed by atoms with E-state index in [-0.39, 0.29) is 11.4 Å². The van der Waals surface area contributed by atoms with Gasteiger partial charge in [-0.25, -0.2) is 0 Å². The van der Waals surface area contributed by atoms with Gasteiger partial charge in [0.15, 0.2) is 5.84 Å². The van der Waals surface area contributed by atoms with Crippen molar-refractivity contribution < 1.29 is 9.21 Å². The van der Waals surface area contributed by atoms with Crippen molar-refractivity contribution in [1.29, 1.82) is 5.41 Å². The van der Waals surface area contributed by atoms with Crippen molar-refractivity contribution in [2.45, 2.75) is 13.3 Å². The Balaban J connectivity index is 1.68. The molecule has 0 saturated heterocycles. The zero-order chi connectivity index (χ0) is 19.1. The lowest BCUT2D eigenvalue weighted by atomic mass is 10.1. The molecule has 3 heterocycles. The Bertz CT molecular complexity index is 1070. The Labute approximate surface area is 169 Å². The highest BCUT2D eigenvalue weighted by molar-refractivity contribution is 8.26. The number of carbonyl (C=O) groups excluding carboxylic acids is 1. The van der Waals surface area contributed by atoms with Crippen LogP contribution in [-0.4, -0.2) is 27.0 Å². The largest absolute Gasteiger partial charge is 0.457 e. The van der Waals surface area contributed by atoms with Gasteiger partial charge in [0, 0.05) is 10.6 Å². The summed E-state index contributed by atoms with van der Waals surface area (Å²) in [7, 11) is 0. The number of hydrazone groups is 1. The predicted octanol–water partition coefficient (Wildman–Crippen LogP) is 5.28. The number of hydrogen-bond acceptors (Lipinski definition) is 5. The number of nitrogens with zero attached hydrogens (tertiary/aromatic N) is 3. The third kappa shape index (κ3) is 3.34. The van der Waals surface area contributed by atoms with E-state index in [2.05, 4.69) is 10.1 Å². The van der Waals surface area contributed by atoms with Gasteiger partial charge in [0.2, 0.25) is 5.17 Å². The van der Waals surface area contributed by atoms with Crippen LogP contribution in [0.15, 0.2) is 50.4 Å². The number of hydrogen-bond donors (Lipinski definition) is 1. The molecule has 1 amide bonds. The lowest BCUT2D eigenvalue weighted by Crippen LogP contribution is -2.35. The second-order valence-corrected chi connectivity index (χ2v) is 7.58. The highest BCUT2D eigenvalue weighted by Gasteiger charge is 2.35. The zero-order valence-electron chi connectivity index (χ0n) is 14.0. The molecule has 2 aliphatic heterocycles. The molecule has 1 N–H and O–H groups in total. The van der Waals surface area contributed by atoms with Crippen molar-refractivity contribution in [3.8, 4) is 11.3 Å². The molecule has 0 atom stereocenters. The molecule has 1 aromatic carbocycles. The van der Waals surface area contributed by atoms with Crippen LogP contribution in [0.3, 0.4) is 0 Å². The minimum absolute atomic E-state index is 0.0281. The molecular weight excluding hydrogens is 407 g/mol. The van der Waals surface area contributed by atoms with Crippen molar-refractivity contribution in [1.82, 2.24) is 5.01 Å². The summed E-state index contributed by atoms with van der Waals surface area (Å²) in [6.07, 6.45) is 2.19. The molecule has 2 aromatic rings. The van der Waals surface area contributed by atoms with Gasteiger partial charge in [0.05, 0.1) is 10.6 Å². The summed E-state index contributed by atoms with van der Waals surface area (Å²) in [5.41, 5.74) is 0.755. The first-order chi connectivity index (χ1) is 13.0. The maximum atomic E-state index is 12.4. The van der Waals surface area contributed by atoms with Crippen molar-refractivity contribution in [3.63, 3.8) is 0 Å². The van der Waals surface area contributed by atoms with E-state index in [9.17, 15) is 4.79 Å². The number of fused-ring (bicyclic) bond motifs is 1. The SMILES string of the molecule is CCC1=NN2C(=N)C(=Cc3ccc(-c4cc(Cl)ccc4Cl)o3)C(=O)N=C2S1. The molecule has 136 valence electrons. The molecule has 0 fully saturated rings. The second-order valence-electron chi connectivity index (χ2n) is 5.69. The standard InChI is InChI=1S/C18H12Cl2N4O2S/c1-2-15-23-24-16(21)12(17(25)22-18(24)27-15)8-10-4-6-14(26-10)11-7-9(19)3-5-13(11)20/h3-8,21H,2H2,1H3. The summed E-state index contributed by atoms with van der Waals surface area (Å²) < 4.78 is 5.78. The molecule has 2 aliphatic rings. The number of rotatable bonds is 3. The first kappa shape index (κ1) is 18.0. The van der Waals surface area contributed by atoms with Crippen LogP contribution in [0.4, 0.5) is 0 Å². The van der Waals surface area contributed by atoms with Gasteiger partial charge in [-0.2, -0.15) is 15.1 Å². The fourth-order valence-electron chi connectivity index (χ4n) is 2.58. The van der Waals surface area contributed by atoms with Gasteiger partial charge in [-0.15, -0.1) is 0 Å². The van der Waals surface area contributed by atoms with Gasteiger partial charge in [-0.1, -0.05) is 30.1 Å². The third-order valence-electron chi connectivity index (χ3n) is 3.91. The van der Waals surface area contributed by atoms with Gasteiger partial charge in [-0.05, 0) is 54.6 Å². The first-order valence-electron chi connectivity index (χ1n) is 8.00. The number of furan rings is 1. The number of aliphatic imine (C=N–C) groups is 1. The van der Waals surface area contributed by atoms with Crippen LogP contribution in [0.2, 0.25) is 10.0 Å². The Morgan fingerprint density at radius 1 is 1.30 bits per heavy atom. The molecule has 0 unspecified atom stereocenters. The van der Waals surface area contributed by atoms with Crippen molar-refractivity contribution >= 4 is 63.0 Å². The minimum Gasteiger partial charge on any atom is -0.457 e. The van der Waals surface area contributed by atoms with Crippen LogP contribution in [-0.2, 0) is 4.79 Å². The van der Waals surface area contributed by atoms with Crippen LogP contribution in [0, 0.1) is 5.41 Å². The highest BCUT2D eigenvalue weighted by atomic mass is 35.5. The predicted molar refractivity (Wildman–Crippen MR) is 109 cm³/mol. The maximum Gasteiger partial charge on any atom is 0.283 e. The molecule has 6 nitrogen and oxygen atoms in total. The third-order valence-corrected chi connectivity index (χ3v) is 5.52. The maximum absolute atomic E-state index is 12.4. The molecule has 9 heteroatoms. The Kier molecular flexibility index (Phi) is 4.67. The lowest BCUT2D eigenvalue weighted by Gasteiger charge is -2.19. The highest BCUT2D eigenvalue weighted by Crippen LogP contribution is 2.33. The van der Waals surface area contributed by atoms with E-state index in [1.807, 2.05) is 6.92 Å². The van der Waals surface area contributed by atoms with Crippen molar-refractivity contribution in [2.75, 3.05) is 0 Å². The average molecular weight is 419 g/mol. The first-order valence-corrected chi connectivity index (χ1v) is 9.58. The van der Waals surface area contributed by atoms with E-state index < -0.39 is 5.91 Å². The van der Waals surface area contributed by atoms with Crippen LogP contribution < -0.4 is 0 Å². The number of carbonyl (C=O) groups is 1. The minimum atomic E-state index is -0.495. The molecule has 0 radical (unpaired) electrons. The van der Waals surface area contributed by atoms with Crippen LogP contribution in [0.1, 0.15) is 19.1 Å². The fourth-order valence-corrected chi connectivity index (χ4v) is 3.79. The Morgan fingerprint density at radius 2 is 2.11 bits per heavy atom. The van der Waals surface area contributed by atoms with Gasteiger partial charge >= 0.3 is 0 Å². The van der Waals surface area contributed by atoms with Crippen molar-refractivity contribution in [2.24, 2.45) is 10.1 Å². The number of halogens is 2. The smallest absolute Gasteiger partial charge is 0.283 e. The topological polar surface area (TPSA) is 82.0 Å². The molecule has 0 bridgehead atoms. The van der Waals surface area contributed by atoms with E-state index in [0.29, 0.717) is 38.7 Å². The second kappa shape index (κ2) is 6.99. The van der Waals surface area contributed by atoms with E-state index in [1.165, 1.54) is 22.8 Å². The number of nitrogens with one attached hydrogen (secondary N) is 1. The van der Waals surface area contributed by atoms with Gasteiger partial charge in [0.25, 0.3) is 5.91 Å². The average Bonchev–Trinajstić information content (AvgIpc) is 3.27. The van der Waals surface area contributed by atoms with Gasteiger partial charge < -0.3 is 4.42 Å². The summed E-state index contributed by atoms with van der Waals surface area (Å²) in [5.74, 6) is 0.389. The lowest BCUT2D eigenvalue weighted by molar-refractivity contribution is -0.114. The molecular formula is C18H12Cl2N4O2S. The molecule has 27 heavy (non-hydrogen) atoms. The summed E-state index contributed by atoms with van der Waals surface area (Å²) in [5, 5.41) is 16.2. The summed E-state index contributed by atoms with van der Waals surface area (Å²) in [4.78, 5) is 16.4. The molecule has 1 aromatic heterocycles. The normalized spacial score (nSPS) is 18.0. The van der Waals surface area contributed by atoms with Crippen LogP contribution in [0.25, 0.3) is 17.4 Å². The van der Waals surface area contributed by atoms with Crippen LogP contribution >= 0.6 is 35.0 Å².